The van der Waals surface area contributed by atoms with Gasteiger partial charge in [-0.15, -0.1) is 0 Å². The number of nitriles is 1. The Morgan fingerprint density at radius 3 is 2.76 bits per heavy atom. The highest BCUT2D eigenvalue weighted by Crippen LogP contribution is 2.35. The van der Waals surface area contributed by atoms with E-state index in [9.17, 15) is 4.79 Å². The molecule has 0 bridgehead atoms. The molecule has 0 saturated carbocycles. The van der Waals surface area contributed by atoms with Crippen LogP contribution in [0.25, 0.3) is 10.9 Å². The highest BCUT2D eigenvalue weighted by Gasteiger charge is 2.17. The van der Waals surface area contributed by atoms with Gasteiger partial charge in [0.05, 0.1) is 23.8 Å². The molecule has 2 N–H and O–H groups in total. The normalized spacial score (nSPS) is 10.6. The van der Waals surface area contributed by atoms with Crippen LogP contribution in [0.3, 0.4) is 0 Å². The third-order valence-electron chi connectivity index (χ3n) is 4.88. The van der Waals surface area contributed by atoms with Crippen molar-refractivity contribution in [1.82, 2.24) is 10.3 Å². The lowest BCUT2D eigenvalue weighted by Gasteiger charge is -2.13. The fraction of sp³-hybridized carbons (Fsp3) is 0.0833. The van der Waals surface area contributed by atoms with Crippen molar-refractivity contribution < 1.29 is 18.7 Å². The first-order chi connectivity index (χ1) is 15.9. The molecule has 0 aliphatic heterocycles. The Hall–Kier alpha value is -3.73. The van der Waals surface area contributed by atoms with Crippen LogP contribution in [0.5, 0.6) is 17.2 Å². The van der Waals surface area contributed by atoms with E-state index in [0.29, 0.717) is 11.4 Å². The SMILES string of the molecule is COc1cccc2[nH]c(C(=O)NCc3ccc(Cl)c(Oc4cc(Cl)cc(C#N)c4)c3F)cc12. The molecule has 33 heavy (non-hydrogen) atoms. The monoisotopic (exact) mass is 483 g/mol. The fourth-order valence-corrected chi connectivity index (χ4v) is 3.72. The van der Waals surface area contributed by atoms with Crippen LogP contribution in [0.15, 0.2) is 54.6 Å². The number of nitrogens with one attached hydrogen (secondary N) is 2. The van der Waals surface area contributed by atoms with E-state index in [1.165, 1.54) is 30.3 Å². The molecule has 4 aromatic rings. The van der Waals surface area contributed by atoms with Crippen molar-refractivity contribution >= 4 is 40.0 Å². The number of amides is 1. The number of aromatic nitrogens is 1. The van der Waals surface area contributed by atoms with Crippen molar-refractivity contribution in [3.05, 3.63) is 87.3 Å². The van der Waals surface area contributed by atoms with Gasteiger partial charge in [0.1, 0.15) is 17.2 Å². The highest BCUT2D eigenvalue weighted by molar-refractivity contribution is 6.32. The summed E-state index contributed by atoms with van der Waals surface area (Å²) in [5.74, 6) is -0.593. The number of benzene rings is 3. The molecule has 0 unspecified atom stereocenters. The maximum atomic E-state index is 15.1. The summed E-state index contributed by atoms with van der Waals surface area (Å²) in [4.78, 5) is 15.7. The Balaban J connectivity index is 1.54. The smallest absolute Gasteiger partial charge is 0.268 e. The van der Waals surface area contributed by atoms with Crippen molar-refractivity contribution in [1.29, 1.82) is 5.26 Å². The van der Waals surface area contributed by atoms with Crippen LogP contribution in [0.4, 0.5) is 4.39 Å². The molecule has 166 valence electrons. The number of rotatable bonds is 6. The van der Waals surface area contributed by atoms with Gasteiger partial charge in [0, 0.05) is 28.0 Å². The summed E-state index contributed by atoms with van der Waals surface area (Å²) in [6.07, 6.45) is 0. The zero-order chi connectivity index (χ0) is 23.5. The topological polar surface area (TPSA) is 87.1 Å². The van der Waals surface area contributed by atoms with E-state index in [2.05, 4.69) is 10.3 Å². The standard InChI is InChI=1S/C24H16Cl2FN3O3/c1-32-21-4-2-3-19-17(21)10-20(30-19)24(31)29-12-14-5-6-18(26)23(22(14)27)33-16-8-13(11-28)7-15(25)9-16/h2-10,30H,12H2,1H3,(H,29,31). The number of halogens is 3. The summed E-state index contributed by atoms with van der Waals surface area (Å²) < 4.78 is 26.0. The number of fused-ring (bicyclic) bond motifs is 1. The third kappa shape index (κ3) is 4.72. The first-order valence-electron chi connectivity index (χ1n) is 9.69. The Bertz CT molecular complexity index is 1410. The zero-order valence-corrected chi connectivity index (χ0v) is 18.7. The van der Waals surface area contributed by atoms with Crippen LogP contribution < -0.4 is 14.8 Å². The van der Waals surface area contributed by atoms with Gasteiger partial charge in [-0.2, -0.15) is 5.26 Å². The molecule has 6 nitrogen and oxygen atoms in total. The number of carbonyl (C=O) groups excluding carboxylic acids is 1. The number of H-pyrrole nitrogens is 1. The van der Waals surface area contributed by atoms with Gasteiger partial charge in [0.25, 0.3) is 5.91 Å². The Labute approximate surface area is 198 Å². The summed E-state index contributed by atoms with van der Waals surface area (Å²) in [5.41, 5.74) is 1.47. The number of nitrogens with zero attached hydrogens (tertiary/aromatic N) is 1. The van der Waals surface area contributed by atoms with Crippen LogP contribution in [-0.2, 0) is 6.54 Å². The Morgan fingerprint density at radius 1 is 1.18 bits per heavy atom. The van der Waals surface area contributed by atoms with Crippen molar-refractivity contribution in [2.45, 2.75) is 6.54 Å². The molecule has 9 heteroatoms. The van der Waals surface area contributed by atoms with Gasteiger partial charge in [-0.25, -0.2) is 4.39 Å². The van der Waals surface area contributed by atoms with E-state index in [0.717, 1.165) is 10.9 Å². The number of aromatic amines is 1. The number of ether oxygens (including phenoxy) is 2. The van der Waals surface area contributed by atoms with E-state index < -0.39 is 11.7 Å². The second-order valence-corrected chi connectivity index (χ2v) is 7.87. The van der Waals surface area contributed by atoms with Gasteiger partial charge in [-0.3, -0.25) is 4.79 Å². The largest absolute Gasteiger partial charge is 0.496 e. The lowest BCUT2D eigenvalue weighted by Crippen LogP contribution is -2.23. The van der Waals surface area contributed by atoms with E-state index in [4.69, 9.17) is 37.9 Å². The van der Waals surface area contributed by atoms with Gasteiger partial charge >= 0.3 is 0 Å². The highest BCUT2D eigenvalue weighted by atomic mass is 35.5. The molecule has 4 rings (SSSR count). The Morgan fingerprint density at radius 2 is 2.00 bits per heavy atom. The molecule has 0 fully saturated rings. The number of hydrogen-bond acceptors (Lipinski definition) is 4. The van der Waals surface area contributed by atoms with Crippen LogP contribution in [0.1, 0.15) is 21.6 Å². The molecule has 0 aliphatic rings. The lowest BCUT2D eigenvalue weighted by molar-refractivity contribution is 0.0946. The summed E-state index contributed by atoms with van der Waals surface area (Å²) in [7, 11) is 1.55. The fourth-order valence-electron chi connectivity index (χ4n) is 3.31. The predicted molar refractivity (Wildman–Crippen MR) is 124 cm³/mol. The average Bonchev–Trinajstić information content (AvgIpc) is 3.25. The van der Waals surface area contributed by atoms with E-state index in [1.807, 2.05) is 18.2 Å². The maximum absolute atomic E-state index is 15.1. The molecular formula is C24H16Cl2FN3O3. The number of hydrogen-bond donors (Lipinski definition) is 2. The van der Waals surface area contributed by atoms with Gasteiger partial charge < -0.3 is 19.8 Å². The zero-order valence-electron chi connectivity index (χ0n) is 17.2. The maximum Gasteiger partial charge on any atom is 0.268 e. The minimum absolute atomic E-state index is 0.0313. The summed E-state index contributed by atoms with van der Waals surface area (Å²) in [6.45, 7) is -0.107. The number of methoxy groups -OCH3 is 1. The molecule has 0 spiro atoms. The van der Waals surface area contributed by atoms with Crippen molar-refractivity contribution in [2.24, 2.45) is 0 Å². The molecule has 0 aliphatic carbocycles. The summed E-state index contributed by atoms with van der Waals surface area (Å²) in [6, 6.07) is 16.3. The van der Waals surface area contributed by atoms with E-state index >= 15 is 4.39 Å². The minimum atomic E-state index is -0.736. The predicted octanol–water partition coefficient (Wildman–Crippen LogP) is 6.22. The number of carbonyl (C=O) groups is 1. The van der Waals surface area contributed by atoms with Crippen LogP contribution in [-0.4, -0.2) is 18.0 Å². The van der Waals surface area contributed by atoms with Crippen molar-refractivity contribution in [2.75, 3.05) is 7.11 Å². The molecule has 3 aromatic carbocycles. The van der Waals surface area contributed by atoms with Gasteiger partial charge in [-0.1, -0.05) is 35.3 Å². The second-order valence-electron chi connectivity index (χ2n) is 7.03. The molecule has 1 aromatic heterocycles. The van der Waals surface area contributed by atoms with Gasteiger partial charge in [0.2, 0.25) is 0 Å². The van der Waals surface area contributed by atoms with Crippen molar-refractivity contribution in [3.63, 3.8) is 0 Å². The molecule has 0 atom stereocenters. The van der Waals surface area contributed by atoms with E-state index in [-0.39, 0.29) is 39.2 Å². The molecule has 0 radical (unpaired) electrons. The Kier molecular flexibility index (Phi) is 6.40. The van der Waals surface area contributed by atoms with Crippen LogP contribution in [0.2, 0.25) is 10.0 Å². The summed E-state index contributed by atoms with van der Waals surface area (Å²) >= 11 is 12.1. The van der Waals surface area contributed by atoms with Gasteiger partial charge in [-0.05, 0) is 42.5 Å². The lowest BCUT2D eigenvalue weighted by atomic mass is 10.2. The second kappa shape index (κ2) is 9.41. The summed E-state index contributed by atoms with van der Waals surface area (Å²) in [5, 5.41) is 12.8. The van der Waals surface area contributed by atoms with Gasteiger partial charge in [0.15, 0.2) is 11.6 Å². The quantitative estimate of drug-likeness (QED) is 0.340. The minimum Gasteiger partial charge on any atom is -0.496 e. The van der Waals surface area contributed by atoms with Crippen molar-refractivity contribution in [3.8, 4) is 23.3 Å². The van der Waals surface area contributed by atoms with E-state index in [1.54, 1.807) is 19.2 Å². The molecule has 1 amide bonds. The molecule has 1 heterocycles. The average molecular weight is 484 g/mol. The first-order valence-corrected chi connectivity index (χ1v) is 10.4. The first kappa shape index (κ1) is 22.5. The third-order valence-corrected chi connectivity index (χ3v) is 5.39. The van der Waals surface area contributed by atoms with Crippen LogP contribution >= 0.6 is 23.2 Å². The molecule has 0 saturated heterocycles. The molecular weight excluding hydrogens is 468 g/mol. The van der Waals surface area contributed by atoms with Crippen LogP contribution in [0, 0.1) is 17.1 Å².